The first-order chi connectivity index (χ1) is 8.49. The molecule has 0 bridgehead atoms. The van der Waals surface area contributed by atoms with Crippen LogP contribution in [0, 0.1) is 19.7 Å². The van der Waals surface area contributed by atoms with Crippen LogP contribution < -0.4 is 0 Å². The van der Waals surface area contributed by atoms with Crippen molar-refractivity contribution < 1.29 is 9.50 Å². The number of aromatic nitrogens is 2. The van der Waals surface area contributed by atoms with E-state index in [2.05, 4.69) is 5.10 Å². The number of nitrogens with zero attached hydrogens (tertiary/aromatic N) is 2. The maximum Gasteiger partial charge on any atom is 0.123 e. The van der Waals surface area contributed by atoms with Crippen LogP contribution in [0.5, 0.6) is 0 Å². The predicted octanol–water partition coefficient (Wildman–Crippen LogP) is 2.45. The van der Waals surface area contributed by atoms with E-state index in [0.717, 1.165) is 22.5 Å². The Morgan fingerprint density at radius 1 is 1.28 bits per heavy atom. The minimum atomic E-state index is -0.607. The fourth-order valence-corrected chi connectivity index (χ4v) is 2.22. The van der Waals surface area contributed by atoms with E-state index in [-0.39, 0.29) is 5.82 Å². The average Bonchev–Trinajstić information content (AvgIpc) is 2.56. The highest BCUT2D eigenvalue weighted by atomic mass is 19.1. The second kappa shape index (κ2) is 4.90. The zero-order chi connectivity index (χ0) is 13.3. The summed E-state index contributed by atoms with van der Waals surface area (Å²) in [4.78, 5) is 0. The number of aryl methyl sites for hydroxylation is 2. The highest BCUT2D eigenvalue weighted by Crippen LogP contribution is 2.24. The van der Waals surface area contributed by atoms with Crippen molar-refractivity contribution in [2.75, 3.05) is 0 Å². The number of hydrogen-bond donors (Lipinski definition) is 1. The van der Waals surface area contributed by atoms with Crippen molar-refractivity contribution in [1.82, 2.24) is 9.78 Å². The highest BCUT2D eigenvalue weighted by Gasteiger charge is 2.18. The van der Waals surface area contributed by atoms with E-state index in [9.17, 15) is 9.50 Å². The minimum Gasteiger partial charge on any atom is -0.388 e. The molecule has 2 rings (SSSR count). The zero-order valence-corrected chi connectivity index (χ0v) is 10.8. The van der Waals surface area contributed by atoms with E-state index in [4.69, 9.17) is 0 Å². The molecule has 1 unspecified atom stereocenters. The molecule has 1 heterocycles. The molecule has 1 aromatic carbocycles. The van der Waals surface area contributed by atoms with Crippen molar-refractivity contribution in [1.29, 1.82) is 0 Å². The van der Waals surface area contributed by atoms with Gasteiger partial charge in [0.1, 0.15) is 5.82 Å². The molecule has 2 aromatic rings. The fraction of sp³-hybridized carbons (Fsp3) is 0.357. The molecule has 0 radical (unpaired) electrons. The number of benzene rings is 1. The second-order valence-electron chi connectivity index (χ2n) is 4.55. The molecule has 0 saturated carbocycles. The van der Waals surface area contributed by atoms with Crippen LogP contribution in [0.15, 0.2) is 24.3 Å². The van der Waals surface area contributed by atoms with Crippen molar-refractivity contribution >= 4 is 0 Å². The molecule has 18 heavy (non-hydrogen) atoms. The third-order valence-electron chi connectivity index (χ3n) is 3.24. The van der Waals surface area contributed by atoms with Gasteiger partial charge < -0.3 is 5.11 Å². The summed E-state index contributed by atoms with van der Waals surface area (Å²) < 4.78 is 14.6. The SMILES string of the molecule is Cc1nn(C)c(C)c1C(O)Cc1ccc(F)cc1. The first-order valence-electron chi connectivity index (χ1n) is 5.91. The van der Waals surface area contributed by atoms with E-state index in [1.165, 1.54) is 12.1 Å². The van der Waals surface area contributed by atoms with Crippen molar-refractivity contribution in [3.05, 3.63) is 52.6 Å². The Bertz CT molecular complexity index is 546. The van der Waals surface area contributed by atoms with Gasteiger partial charge in [0.15, 0.2) is 0 Å². The number of aliphatic hydroxyl groups excluding tert-OH is 1. The summed E-state index contributed by atoms with van der Waals surface area (Å²) in [5.74, 6) is -0.262. The molecule has 1 N–H and O–H groups in total. The molecule has 0 aliphatic rings. The monoisotopic (exact) mass is 248 g/mol. The van der Waals surface area contributed by atoms with E-state index in [1.807, 2.05) is 20.9 Å². The van der Waals surface area contributed by atoms with Gasteiger partial charge in [0.05, 0.1) is 11.8 Å². The largest absolute Gasteiger partial charge is 0.388 e. The van der Waals surface area contributed by atoms with Crippen molar-refractivity contribution in [3.8, 4) is 0 Å². The third-order valence-corrected chi connectivity index (χ3v) is 3.24. The summed E-state index contributed by atoms with van der Waals surface area (Å²) in [6.07, 6.45) is -0.141. The van der Waals surface area contributed by atoms with Crippen LogP contribution in [0.3, 0.4) is 0 Å². The van der Waals surface area contributed by atoms with Crippen molar-refractivity contribution in [2.45, 2.75) is 26.4 Å². The summed E-state index contributed by atoms with van der Waals surface area (Å²) in [6.45, 7) is 3.82. The van der Waals surface area contributed by atoms with E-state index < -0.39 is 6.10 Å². The standard InChI is InChI=1S/C14H17FN2O/c1-9-14(10(2)17(3)16-9)13(18)8-11-4-6-12(15)7-5-11/h4-7,13,18H,8H2,1-3H3. The molecule has 0 saturated heterocycles. The summed E-state index contributed by atoms with van der Waals surface area (Å²) in [5.41, 5.74) is 3.57. The molecule has 0 amide bonds. The smallest absolute Gasteiger partial charge is 0.123 e. The van der Waals surface area contributed by atoms with Gasteiger partial charge in [-0.2, -0.15) is 5.10 Å². The predicted molar refractivity (Wildman–Crippen MR) is 67.7 cm³/mol. The number of halogens is 1. The van der Waals surface area contributed by atoms with Crippen LogP contribution in [0.4, 0.5) is 4.39 Å². The Morgan fingerprint density at radius 3 is 2.39 bits per heavy atom. The maximum absolute atomic E-state index is 12.8. The Kier molecular flexibility index (Phi) is 3.48. The van der Waals surface area contributed by atoms with Crippen LogP contribution in [-0.2, 0) is 13.5 Å². The Morgan fingerprint density at radius 2 is 1.89 bits per heavy atom. The maximum atomic E-state index is 12.8. The van der Waals surface area contributed by atoms with E-state index >= 15 is 0 Å². The highest BCUT2D eigenvalue weighted by molar-refractivity contribution is 5.29. The Hall–Kier alpha value is -1.68. The normalized spacial score (nSPS) is 12.7. The van der Waals surface area contributed by atoms with Gasteiger partial charge >= 0.3 is 0 Å². The summed E-state index contributed by atoms with van der Waals surface area (Å²) in [5, 5.41) is 14.6. The number of hydrogen-bond acceptors (Lipinski definition) is 2. The van der Waals surface area contributed by atoms with Crippen molar-refractivity contribution in [3.63, 3.8) is 0 Å². The summed E-state index contributed by atoms with van der Waals surface area (Å²) >= 11 is 0. The first-order valence-corrected chi connectivity index (χ1v) is 5.91. The molecule has 4 heteroatoms. The average molecular weight is 248 g/mol. The molecule has 1 atom stereocenters. The lowest BCUT2D eigenvalue weighted by Gasteiger charge is -2.11. The van der Waals surface area contributed by atoms with Crippen LogP contribution >= 0.6 is 0 Å². The Labute approximate surface area is 106 Å². The topological polar surface area (TPSA) is 38.0 Å². The van der Waals surface area contributed by atoms with Crippen molar-refractivity contribution in [2.24, 2.45) is 7.05 Å². The molecular weight excluding hydrogens is 231 g/mol. The molecular formula is C14H17FN2O. The quantitative estimate of drug-likeness (QED) is 0.906. The van der Waals surface area contributed by atoms with Gasteiger partial charge in [-0.3, -0.25) is 4.68 Å². The summed E-state index contributed by atoms with van der Waals surface area (Å²) in [6, 6.07) is 6.20. The van der Waals surface area contributed by atoms with Crippen LogP contribution in [0.2, 0.25) is 0 Å². The van der Waals surface area contributed by atoms with Crippen LogP contribution in [-0.4, -0.2) is 14.9 Å². The second-order valence-corrected chi connectivity index (χ2v) is 4.55. The van der Waals surface area contributed by atoms with Gasteiger partial charge in [0, 0.05) is 24.7 Å². The van der Waals surface area contributed by atoms with Gasteiger partial charge in [-0.25, -0.2) is 4.39 Å². The zero-order valence-electron chi connectivity index (χ0n) is 10.8. The van der Waals surface area contributed by atoms with Gasteiger partial charge in [-0.15, -0.1) is 0 Å². The lowest BCUT2D eigenvalue weighted by atomic mass is 10.00. The van der Waals surface area contributed by atoms with Gasteiger partial charge in [-0.1, -0.05) is 12.1 Å². The molecule has 0 spiro atoms. The number of rotatable bonds is 3. The van der Waals surface area contributed by atoms with Gasteiger partial charge in [-0.05, 0) is 31.5 Å². The first kappa shape index (κ1) is 12.8. The van der Waals surface area contributed by atoms with E-state index in [0.29, 0.717) is 6.42 Å². The fourth-order valence-electron chi connectivity index (χ4n) is 2.22. The third kappa shape index (κ3) is 2.43. The summed E-state index contributed by atoms with van der Waals surface area (Å²) in [7, 11) is 1.86. The van der Waals surface area contributed by atoms with Crippen LogP contribution in [0.25, 0.3) is 0 Å². The van der Waals surface area contributed by atoms with Gasteiger partial charge in [0.25, 0.3) is 0 Å². The molecule has 1 aromatic heterocycles. The lowest BCUT2D eigenvalue weighted by Crippen LogP contribution is -2.05. The van der Waals surface area contributed by atoms with Gasteiger partial charge in [0.2, 0.25) is 0 Å². The van der Waals surface area contributed by atoms with E-state index in [1.54, 1.807) is 16.8 Å². The molecule has 3 nitrogen and oxygen atoms in total. The molecule has 0 fully saturated rings. The molecule has 0 aliphatic carbocycles. The molecule has 0 aliphatic heterocycles. The number of aliphatic hydroxyl groups is 1. The van der Waals surface area contributed by atoms with Crippen LogP contribution in [0.1, 0.15) is 28.6 Å². The molecule has 96 valence electrons. The Balaban J connectivity index is 2.21. The lowest BCUT2D eigenvalue weighted by molar-refractivity contribution is 0.177. The minimum absolute atomic E-state index is 0.262.